The molecule has 4 aromatic carbocycles. The summed E-state index contributed by atoms with van der Waals surface area (Å²) in [5.74, 6) is -1.36. The van der Waals surface area contributed by atoms with Crippen molar-refractivity contribution in [1.29, 1.82) is 0 Å². The van der Waals surface area contributed by atoms with Crippen LogP contribution in [0, 0.1) is 0 Å². The molecule has 0 radical (unpaired) electrons. The Morgan fingerprint density at radius 3 is 1.59 bits per heavy atom. The average molecular weight is 420 g/mol. The minimum absolute atomic E-state index is 0.114. The zero-order valence-electron chi connectivity index (χ0n) is 17.2. The molecule has 32 heavy (non-hydrogen) atoms. The molecule has 0 aliphatic carbocycles. The standard InChI is InChI=1S/C28H20O4/c29-25(20-12-4-1-5-13-20)23-18-10-11-19-24(23)28(31)32-27(22-16-8-3-9-17-22)26(30)21-14-6-2-7-15-21/h1-19,27H. The van der Waals surface area contributed by atoms with Crippen LogP contribution in [0.15, 0.2) is 115 Å². The number of rotatable bonds is 7. The molecular weight excluding hydrogens is 400 g/mol. The summed E-state index contributed by atoms with van der Waals surface area (Å²) < 4.78 is 5.72. The fourth-order valence-electron chi connectivity index (χ4n) is 3.43. The fourth-order valence-corrected chi connectivity index (χ4v) is 3.43. The highest BCUT2D eigenvalue weighted by atomic mass is 16.5. The van der Waals surface area contributed by atoms with Crippen molar-refractivity contribution in [3.8, 4) is 0 Å². The topological polar surface area (TPSA) is 60.4 Å². The quantitative estimate of drug-likeness (QED) is 0.284. The van der Waals surface area contributed by atoms with E-state index < -0.39 is 12.1 Å². The first-order chi connectivity index (χ1) is 15.6. The molecule has 0 aromatic heterocycles. The minimum atomic E-state index is -1.13. The first-order valence-electron chi connectivity index (χ1n) is 10.2. The third-order valence-electron chi connectivity index (χ3n) is 5.05. The van der Waals surface area contributed by atoms with E-state index >= 15 is 0 Å². The Hall–Kier alpha value is -4.31. The van der Waals surface area contributed by atoms with Gasteiger partial charge in [0.05, 0.1) is 5.56 Å². The van der Waals surface area contributed by atoms with Crippen LogP contribution in [-0.2, 0) is 4.74 Å². The smallest absolute Gasteiger partial charge is 0.339 e. The predicted octanol–water partition coefficient (Wildman–Crippen LogP) is 5.70. The highest BCUT2D eigenvalue weighted by Gasteiger charge is 2.28. The third kappa shape index (κ3) is 4.55. The first kappa shape index (κ1) is 20.9. The number of Topliss-reactive ketones (excluding diaryl/α,β-unsaturated/α-hetero) is 1. The molecule has 0 amide bonds. The number of esters is 1. The van der Waals surface area contributed by atoms with Gasteiger partial charge in [-0.3, -0.25) is 9.59 Å². The molecule has 1 atom stereocenters. The monoisotopic (exact) mass is 420 g/mol. The highest BCUT2D eigenvalue weighted by Crippen LogP contribution is 2.25. The molecule has 0 spiro atoms. The van der Waals surface area contributed by atoms with Crippen molar-refractivity contribution >= 4 is 17.5 Å². The zero-order valence-corrected chi connectivity index (χ0v) is 17.2. The Bertz CT molecular complexity index is 1230. The Morgan fingerprint density at radius 2 is 1.00 bits per heavy atom. The second kappa shape index (κ2) is 9.67. The van der Waals surface area contributed by atoms with Crippen molar-refractivity contribution < 1.29 is 19.1 Å². The lowest BCUT2D eigenvalue weighted by atomic mass is 9.97. The van der Waals surface area contributed by atoms with E-state index in [1.54, 1.807) is 91.0 Å². The van der Waals surface area contributed by atoms with Gasteiger partial charge in [-0.15, -0.1) is 0 Å². The maximum atomic E-state index is 13.2. The molecule has 4 nitrogen and oxygen atoms in total. The van der Waals surface area contributed by atoms with Gasteiger partial charge in [-0.1, -0.05) is 109 Å². The summed E-state index contributed by atoms with van der Waals surface area (Å²) in [6.45, 7) is 0. The normalized spacial score (nSPS) is 11.4. The largest absolute Gasteiger partial charge is 0.445 e. The van der Waals surface area contributed by atoms with Crippen LogP contribution in [0.5, 0.6) is 0 Å². The minimum Gasteiger partial charge on any atom is -0.445 e. The van der Waals surface area contributed by atoms with Crippen LogP contribution in [0.3, 0.4) is 0 Å². The average Bonchev–Trinajstić information content (AvgIpc) is 2.88. The van der Waals surface area contributed by atoms with Crippen molar-refractivity contribution in [2.75, 3.05) is 0 Å². The first-order valence-corrected chi connectivity index (χ1v) is 10.2. The van der Waals surface area contributed by atoms with Gasteiger partial charge in [0.1, 0.15) is 0 Å². The van der Waals surface area contributed by atoms with Gasteiger partial charge >= 0.3 is 5.97 Å². The van der Waals surface area contributed by atoms with Gasteiger partial charge in [0, 0.05) is 22.3 Å². The Morgan fingerprint density at radius 1 is 0.531 bits per heavy atom. The van der Waals surface area contributed by atoms with Gasteiger partial charge < -0.3 is 4.74 Å². The van der Waals surface area contributed by atoms with Crippen molar-refractivity contribution in [2.24, 2.45) is 0 Å². The Balaban J connectivity index is 1.68. The number of carbonyl (C=O) groups excluding carboxylic acids is 3. The number of ether oxygens (including phenoxy) is 1. The molecular formula is C28H20O4. The fraction of sp³-hybridized carbons (Fsp3) is 0.0357. The van der Waals surface area contributed by atoms with E-state index in [4.69, 9.17) is 4.74 Å². The summed E-state index contributed by atoms with van der Waals surface area (Å²) in [5, 5.41) is 0. The van der Waals surface area contributed by atoms with Crippen molar-refractivity contribution in [3.63, 3.8) is 0 Å². The molecule has 4 rings (SSSR count). The molecule has 0 aliphatic rings. The molecule has 4 heteroatoms. The summed E-state index contributed by atoms with van der Waals surface area (Å²) in [4.78, 5) is 39.4. The van der Waals surface area contributed by atoms with Gasteiger partial charge in [-0.25, -0.2) is 4.79 Å². The molecule has 4 aromatic rings. The molecule has 0 saturated carbocycles. The predicted molar refractivity (Wildman–Crippen MR) is 122 cm³/mol. The zero-order chi connectivity index (χ0) is 22.3. The summed E-state index contributed by atoms with van der Waals surface area (Å²) >= 11 is 0. The van der Waals surface area contributed by atoms with Gasteiger partial charge in [0.25, 0.3) is 0 Å². The number of ketones is 2. The van der Waals surface area contributed by atoms with Crippen LogP contribution in [0.2, 0.25) is 0 Å². The van der Waals surface area contributed by atoms with Crippen LogP contribution in [-0.4, -0.2) is 17.5 Å². The van der Waals surface area contributed by atoms with Crippen molar-refractivity contribution in [3.05, 3.63) is 143 Å². The van der Waals surface area contributed by atoms with Gasteiger partial charge in [-0.2, -0.15) is 0 Å². The van der Waals surface area contributed by atoms with Crippen LogP contribution >= 0.6 is 0 Å². The molecule has 0 bridgehead atoms. The van der Waals surface area contributed by atoms with Gasteiger partial charge in [-0.05, 0) is 6.07 Å². The lowest BCUT2D eigenvalue weighted by molar-refractivity contribution is 0.0278. The Kier molecular flexibility index (Phi) is 6.33. The summed E-state index contributed by atoms with van der Waals surface area (Å²) in [5.41, 5.74) is 1.79. The van der Waals surface area contributed by atoms with Gasteiger partial charge in [0.2, 0.25) is 5.78 Å². The van der Waals surface area contributed by atoms with E-state index in [9.17, 15) is 14.4 Å². The molecule has 0 saturated heterocycles. The maximum absolute atomic E-state index is 13.2. The van der Waals surface area contributed by atoms with Crippen LogP contribution in [0.4, 0.5) is 0 Å². The van der Waals surface area contributed by atoms with E-state index in [0.717, 1.165) is 0 Å². The lowest BCUT2D eigenvalue weighted by Crippen LogP contribution is -2.21. The van der Waals surface area contributed by atoms with Crippen molar-refractivity contribution in [2.45, 2.75) is 6.10 Å². The van der Waals surface area contributed by atoms with Crippen molar-refractivity contribution in [1.82, 2.24) is 0 Å². The van der Waals surface area contributed by atoms with Gasteiger partial charge in [0.15, 0.2) is 11.9 Å². The van der Waals surface area contributed by atoms with Crippen LogP contribution in [0.25, 0.3) is 0 Å². The second-order valence-corrected chi connectivity index (χ2v) is 7.17. The second-order valence-electron chi connectivity index (χ2n) is 7.17. The molecule has 0 heterocycles. The number of hydrogen-bond donors (Lipinski definition) is 0. The van der Waals surface area contributed by atoms with Crippen LogP contribution in [0.1, 0.15) is 48.3 Å². The van der Waals surface area contributed by atoms with E-state index in [0.29, 0.717) is 16.7 Å². The third-order valence-corrected chi connectivity index (χ3v) is 5.05. The van der Waals surface area contributed by atoms with E-state index in [-0.39, 0.29) is 22.7 Å². The molecule has 0 N–H and O–H groups in total. The summed E-state index contributed by atoms with van der Waals surface area (Å²) in [7, 11) is 0. The van der Waals surface area contributed by atoms with E-state index in [1.165, 1.54) is 6.07 Å². The maximum Gasteiger partial charge on any atom is 0.339 e. The highest BCUT2D eigenvalue weighted by molar-refractivity contribution is 6.14. The molecule has 156 valence electrons. The lowest BCUT2D eigenvalue weighted by Gasteiger charge is -2.18. The number of hydrogen-bond acceptors (Lipinski definition) is 4. The molecule has 0 aliphatic heterocycles. The molecule has 1 unspecified atom stereocenters. The molecule has 0 fully saturated rings. The summed E-state index contributed by atoms with van der Waals surface area (Å²) in [6, 6.07) is 32.7. The SMILES string of the molecule is O=C(OC(C(=O)c1ccccc1)c1ccccc1)c1ccccc1C(=O)c1ccccc1. The van der Waals surface area contributed by atoms with E-state index in [2.05, 4.69) is 0 Å². The summed E-state index contributed by atoms with van der Waals surface area (Å²) in [6.07, 6.45) is -1.13. The van der Waals surface area contributed by atoms with Crippen LogP contribution < -0.4 is 0 Å². The number of benzene rings is 4. The van der Waals surface area contributed by atoms with E-state index in [1.807, 2.05) is 18.2 Å². The number of carbonyl (C=O) groups is 3. The Labute approximate surface area is 186 Å².